The van der Waals surface area contributed by atoms with Crippen molar-refractivity contribution in [3.05, 3.63) is 52.5 Å². The summed E-state index contributed by atoms with van der Waals surface area (Å²) in [5.74, 6) is -0.563. The van der Waals surface area contributed by atoms with E-state index >= 15 is 0 Å². The molecule has 0 atom stereocenters. The highest BCUT2D eigenvalue weighted by Gasteiger charge is 2.22. The van der Waals surface area contributed by atoms with Gasteiger partial charge in [0.05, 0.1) is 12.1 Å². The van der Waals surface area contributed by atoms with Gasteiger partial charge in [-0.05, 0) is 42.7 Å². The van der Waals surface area contributed by atoms with Crippen molar-refractivity contribution in [3.63, 3.8) is 0 Å². The molecule has 4 N–H and O–H groups in total. The first kappa shape index (κ1) is 23.4. The number of ether oxygens (including phenoxy) is 2. The second-order valence-electron chi connectivity index (χ2n) is 7.60. The van der Waals surface area contributed by atoms with E-state index in [1.807, 2.05) is 24.3 Å². The molecule has 0 radical (unpaired) electrons. The minimum atomic E-state index is -0.661. The molecule has 0 unspecified atom stereocenters. The Morgan fingerprint density at radius 1 is 1.16 bits per heavy atom. The lowest BCUT2D eigenvalue weighted by molar-refractivity contribution is -0.120. The molecule has 2 aromatic rings. The van der Waals surface area contributed by atoms with Crippen LogP contribution in [0.5, 0.6) is 11.5 Å². The fourth-order valence-corrected chi connectivity index (χ4v) is 3.88. The van der Waals surface area contributed by atoms with Gasteiger partial charge in [-0.2, -0.15) is 0 Å². The monoisotopic (exact) mass is 459 g/mol. The summed E-state index contributed by atoms with van der Waals surface area (Å²) in [5, 5.41) is 5.90. The van der Waals surface area contributed by atoms with Gasteiger partial charge in [0, 0.05) is 23.7 Å². The molecule has 1 aliphatic carbocycles. The van der Waals surface area contributed by atoms with E-state index in [0.29, 0.717) is 5.69 Å². The number of primary amides is 1. The van der Waals surface area contributed by atoms with Gasteiger partial charge in [-0.3, -0.25) is 14.4 Å². The molecule has 0 bridgehead atoms. The standard InChI is InChI=1S/C23H26ClN3O5/c1-31-19-11-16(10-18(24)21(19)32-13-20(25)28)22(29)26-12-14-5-4-8-17(9-14)27-23(30)15-6-2-3-7-15/h4-5,8-11,15H,2-3,6-7,12-13H2,1H3,(H2,25,28)(H,26,29)(H,27,30). The van der Waals surface area contributed by atoms with Gasteiger partial charge in [-0.1, -0.05) is 36.6 Å². The molecule has 0 saturated heterocycles. The number of methoxy groups -OCH3 is 1. The normalized spacial score (nSPS) is 13.4. The third-order valence-corrected chi connectivity index (χ3v) is 5.50. The molecule has 1 aliphatic rings. The summed E-state index contributed by atoms with van der Waals surface area (Å²) < 4.78 is 10.5. The molecule has 3 rings (SSSR count). The Bertz CT molecular complexity index is 1010. The molecule has 9 heteroatoms. The maximum Gasteiger partial charge on any atom is 0.255 e. The average Bonchev–Trinajstić information content (AvgIpc) is 3.31. The van der Waals surface area contributed by atoms with E-state index in [1.54, 1.807) is 0 Å². The predicted molar refractivity (Wildman–Crippen MR) is 121 cm³/mol. The molecule has 0 aromatic heterocycles. The molecule has 1 fully saturated rings. The van der Waals surface area contributed by atoms with Crippen LogP contribution in [0.3, 0.4) is 0 Å². The summed E-state index contributed by atoms with van der Waals surface area (Å²) >= 11 is 6.20. The molecule has 0 spiro atoms. The number of carbonyl (C=O) groups excluding carboxylic acids is 3. The Labute approximate surface area is 191 Å². The van der Waals surface area contributed by atoms with Crippen LogP contribution in [0.15, 0.2) is 36.4 Å². The maximum atomic E-state index is 12.6. The third-order valence-electron chi connectivity index (χ3n) is 5.22. The second-order valence-corrected chi connectivity index (χ2v) is 8.01. The van der Waals surface area contributed by atoms with Crippen molar-refractivity contribution in [2.45, 2.75) is 32.2 Å². The van der Waals surface area contributed by atoms with Gasteiger partial charge in [0.15, 0.2) is 18.1 Å². The molecule has 3 amide bonds. The van der Waals surface area contributed by atoms with Gasteiger partial charge in [0.25, 0.3) is 11.8 Å². The Morgan fingerprint density at radius 3 is 2.59 bits per heavy atom. The SMILES string of the molecule is COc1cc(C(=O)NCc2cccc(NC(=O)C3CCCC3)c2)cc(Cl)c1OCC(N)=O. The Hall–Kier alpha value is -3.26. The molecule has 0 aliphatic heterocycles. The highest BCUT2D eigenvalue weighted by Crippen LogP contribution is 2.36. The Kier molecular flexibility index (Phi) is 7.94. The maximum absolute atomic E-state index is 12.6. The number of carbonyl (C=O) groups is 3. The van der Waals surface area contributed by atoms with E-state index in [1.165, 1.54) is 19.2 Å². The summed E-state index contributed by atoms with van der Waals surface area (Å²) in [4.78, 5) is 35.9. The topological polar surface area (TPSA) is 120 Å². The molecule has 8 nitrogen and oxygen atoms in total. The summed E-state index contributed by atoms with van der Waals surface area (Å²) in [6.07, 6.45) is 4.05. The second kappa shape index (κ2) is 10.9. The van der Waals surface area contributed by atoms with Crippen LogP contribution in [0.25, 0.3) is 0 Å². The molecule has 1 saturated carbocycles. The molecular formula is C23H26ClN3O5. The lowest BCUT2D eigenvalue weighted by Gasteiger charge is -2.14. The number of halogens is 1. The van der Waals surface area contributed by atoms with Gasteiger partial charge in [0.2, 0.25) is 5.91 Å². The fourth-order valence-electron chi connectivity index (χ4n) is 3.61. The number of nitrogens with two attached hydrogens (primary N) is 1. The van der Waals surface area contributed by atoms with E-state index in [4.69, 9.17) is 26.8 Å². The molecule has 2 aromatic carbocycles. The van der Waals surface area contributed by atoms with Crippen LogP contribution in [0, 0.1) is 5.92 Å². The summed E-state index contributed by atoms with van der Waals surface area (Å²) in [6.45, 7) is -0.110. The highest BCUT2D eigenvalue weighted by atomic mass is 35.5. The van der Waals surface area contributed by atoms with Gasteiger partial charge >= 0.3 is 0 Å². The summed E-state index contributed by atoms with van der Waals surface area (Å²) in [7, 11) is 1.40. The first-order chi connectivity index (χ1) is 15.4. The smallest absolute Gasteiger partial charge is 0.255 e. The van der Waals surface area contributed by atoms with Gasteiger partial charge in [-0.25, -0.2) is 0 Å². The van der Waals surface area contributed by atoms with Gasteiger partial charge in [0.1, 0.15) is 0 Å². The predicted octanol–water partition coefficient (Wildman–Crippen LogP) is 3.27. The van der Waals surface area contributed by atoms with Crippen LogP contribution < -0.4 is 25.8 Å². The Morgan fingerprint density at radius 2 is 1.91 bits per heavy atom. The minimum absolute atomic E-state index is 0.0454. The third kappa shape index (κ3) is 6.13. The van der Waals surface area contributed by atoms with Crippen LogP contribution in [0.1, 0.15) is 41.6 Å². The summed E-state index contributed by atoms with van der Waals surface area (Å²) in [6, 6.07) is 10.2. The number of amides is 3. The highest BCUT2D eigenvalue weighted by molar-refractivity contribution is 6.32. The quantitative estimate of drug-likeness (QED) is 0.531. The lowest BCUT2D eigenvalue weighted by Crippen LogP contribution is -2.23. The van der Waals surface area contributed by atoms with Crippen molar-refractivity contribution in [3.8, 4) is 11.5 Å². The summed E-state index contributed by atoms with van der Waals surface area (Å²) in [5.41, 5.74) is 6.89. The average molecular weight is 460 g/mol. The first-order valence-electron chi connectivity index (χ1n) is 10.3. The van der Waals surface area contributed by atoms with Gasteiger partial charge in [-0.15, -0.1) is 0 Å². The molecule has 170 valence electrons. The van der Waals surface area contributed by atoms with Crippen LogP contribution in [-0.4, -0.2) is 31.4 Å². The van der Waals surface area contributed by atoms with E-state index in [0.717, 1.165) is 31.2 Å². The van der Waals surface area contributed by atoms with Crippen LogP contribution in [0.2, 0.25) is 5.02 Å². The number of anilines is 1. The number of nitrogens with one attached hydrogen (secondary N) is 2. The van der Waals surface area contributed by atoms with Crippen molar-refractivity contribution in [2.24, 2.45) is 11.7 Å². The number of benzene rings is 2. The van der Waals surface area contributed by atoms with E-state index in [2.05, 4.69) is 10.6 Å². The van der Waals surface area contributed by atoms with Crippen LogP contribution >= 0.6 is 11.6 Å². The van der Waals surface area contributed by atoms with E-state index in [-0.39, 0.29) is 53.0 Å². The Balaban J connectivity index is 1.63. The van der Waals surface area contributed by atoms with E-state index < -0.39 is 5.91 Å². The minimum Gasteiger partial charge on any atom is -0.493 e. The molecule has 0 heterocycles. The van der Waals surface area contributed by atoms with Crippen molar-refractivity contribution in [2.75, 3.05) is 19.0 Å². The zero-order chi connectivity index (χ0) is 23.1. The number of hydrogen-bond acceptors (Lipinski definition) is 5. The zero-order valence-electron chi connectivity index (χ0n) is 17.8. The number of rotatable bonds is 9. The van der Waals surface area contributed by atoms with Crippen molar-refractivity contribution in [1.29, 1.82) is 0 Å². The van der Waals surface area contributed by atoms with Crippen LogP contribution in [-0.2, 0) is 16.1 Å². The lowest BCUT2D eigenvalue weighted by atomic mass is 10.1. The number of hydrogen-bond donors (Lipinski definition) is 3. The fraction of sp³-hybridized carbons (Fsp3) is 0.348. The zero-order valence-corrected chi connectivity index (χ0v) is 18.5. The van der Waals surface area contributed by atoms with Gasteiger partial charge < -0.3 is 25.8 Å². The van der Waals surface area contributed by atoms with Crippen molar-refractivity contribution in [1.82, 2.24) is 5.32 Å². The van der Waals surface area contributed by atoms with E-state index in [9.17, 15) is 14.4 Å². The molecular weight excluding hydrogens is 434 g/mol. The largest absolute Gasteiger partial charge is 0.493 e. The van der Waals surface area contributed by atoms with Crippen molar-refractivity contribution >= 4 is 35.0 Å². The van der Waals surface area contributed by atoms with Crippen LogP contribution in [0.4, 0.5) is 5.69 Å². The molecule has 32 heavy (non-hydrogen) atoms. The first-order valence-corrected chi connectivity index (χ1v) is 10.7. The van der Waals surface area contributed by atoms with Crippen molar-refractivity contribution < 1.29 is 23.9 Å².